The quantitative estimate of drug-likeness (QED) is 0.459. The summed E-state index contributed by atoms with van der Waals surface area (Å²) in [5.41, 5.74) is -0.584. The standard InChI is InChI=1S/C12H22INO4/c1-8(2)6-9(10(15)17-7-13)14-11(16)18-12(3,4)5/h8-9H,6-7H2,1-5H3,(H,14,16)/t9-/m1/s1. The van der Waals surface area contributed by atoms with Crippen LogP contribution >= 0.6 is 22.6 Å². The summed E-state index contributed by atoms with van der Waals surface area (Å²) in [6.45, 7) is 9.26. The smallest absolute Gasteiger partial charge is 0.408 e. The van der Waals surface area contributed by atoms with E-state index in [-0.39, 0.29) is 10.5 Å². The maximum absolute atomic E-state index is 11.7. The molecule has 0 aliphatic rings. The van der Waals surface area contributed by atoms with E-state index in [2.05, 4.69) is 5.32 Å². The molecule has 106 valence electrons. The summed E-state index contributed by atoms with van der Waals surface area (Å²) in [6, 6.07) is -0.658. The molecule has 0 aliphatic carbocycles. The summed E-state index contributed by atoms with van der Waals surface area (Å²) in [7, 11) is 0. The fourth-order valence-corrected chi connectivity index (χ4v) is 1.60. The van der Waals surface area contributed by atoms with E-state index in [1.54, 1.807) is 20.8 Å². The number of nitrogens with one attached hydrogen (secondary N) is 1. The fourth-order valence-electron chi connectivity index (χ4n) is 1.29. The Morgan fingerprint density at radius 3 is 2.22 bits per heavy atom. The van der Waals surface area contributed by atoms with Crippen LogP contribution in [0.1, 0.15) is 41.0 Å². The number of amides is 1. The van der Waals surface area contributed by atoms with Crippen molar-refractivity contribution in [3.8, 4) is 0 Å². The minimum atomic E-state index is -0.658. The highest BCUT2D eigenvalue weighted by atomic mass is 127. The van der Waals surface area contributed by atoms with Crippen molar-refractivity contribution in [1.82, 2.24) is 5.32 Å². The zero-order valence-electron chi connectivity index (χ0n) is 11.6. The van der Waals surface area contributed by atoms with Crippen LogP contribution in [0.4, 0.5) is 4.79 Å². The van der Waals surface area contributed by atoms with Gasteiger partial charge in [-0.2, -0.15) is 0 Å². The normalized spacial score (nSPS) is 13.1. The van der Waals surface area contributed by atoms with Crippen LogP contribution in [0, 0.1) is 5.92 Å². The molecule has 0 bridgehead atoms. The molecular formula is C12H22INO4. The van der Waals surface area contributed by atoms with Gasteiger partial charge in [0.05, 0.1) is 0 Å². The lowest BCUT2D eigenvalue weighted by Crippen LogP contribution is -2.44. The van der Waals surface area contributed by atoms with E-state index < -0.39 is 23.7 Å². The van der Waals surface area contributed by atoms with Crippen molar-refractivity contribution in [2.45, 2.75) is 52.7 Å². The lowest BCUT2D eigenvalue weighted by Gasteiger charge is -2.23. The fraction of sp³-hybridized carbons (Fsp3) is 0.833. The van der Waals surface area contributed by atoms with Gasteiger partial charge in [-0.25, -0.2) is 9.59 Å². The maximum atomic E-state index is 11.7. The third kappa shape index (κ3) is 8.54. The van der Waals surface area contributed by atoms with Gasteiger partial charge in [-0.3, -0.25) is 0 Å². The van der Waals surface area contributed by atoms with E-state index in [1.165, 1.54) is 0 Å². The van der Waals surface area contributed by atoms with Crippen molar-refractivity contribution in [3.05, 3.63) is 0 Å². The minimum absolute atomic E-state index is 0.265. The van der Waals surface area contributed by atoms with Crippen LogP contribution in [0.5, 0.6) is 0 Å². The number of hydrogen-bond acceptors (Lipinski definition) is 4. The highest BCUT2D eigenvalue weighted by Crippen LogP contribution is 2.10. The first-order chi connectivity index (χ1) is 8.15. The van der Waals surface area contributed by atoms with Gasteiger partial charge in [0.2, 0.25) is 0 Å². The van der Waals surface area contributed by atoms with Gasteiger partial charge in [-0.15, -0.1) is 0 Å². The monoisotopic (exact) mass is 371 g/mol. The predicted molar refractivity (Wildman–Crippen MR) is 77.6 cm³/mol. The summed E-state index contributed by atoms with van der Waals surface area (Å²) in [5.74, 6) is -0.157. The predicted octanol–water partition coefficient (Wildman–Crippen LogP) is 2.86. The molecule has 0 heterocycles. The molecule has 0 aromatic heterocycles. The van der Waals surface area contributed by atoms with Gasteiger partial charge in [0.1, 0.15) is 16.3 Å². The van der Waals surface area contributed by atoms with E-state index in [0.29, 0.717) is 6.42 Å². The van der Waals surface area contributed by atoms with Gasteiger partial charge in [0.15, 0.2) is 0 Å². The molecule has 0 radical (unpaired) electrons. The van der Waals surface area contributed by atoms with Gasteiger partial charge in [-0.05, 0) is 55.7 Å². The third-order valence-corrected chi connectivity index (χ3v) is 2.19. The first-order valence-corrected chi connectivity index (χ1v) is 7.40. The molecule has 0 aromatic carbocycles. The number of alkyl halides is 1. The number of carbonyl (C=O) groups excluding carboxylic acids is 2. The molecule has 0 saturated carbocycles. The van der Waals surface area contributed by atoms with Crippen molar-refractivity contribution in [1.29, 1.82) is 0 Å². The number of hydrogen-bond donors (Lipinski definition) is 1. The van der Waals surface area contributed by atoms with Crippen LogP contribution in [-0.2, 0) is 14.3 Å². The van der Waals surface area contributed by atoms with Gasteiger partial charge in [0.25, 0.3) is 0 Å². The second-order valence-corrected chi connectivity index (χ2v) is 6.02. The number of halogens is 1. The van der Waals surface area contributed by atoms with Crippen molar-refractivity contribution in [2.75, 3.05) is 4.61 Å². The molecule has 6 heteroatoms. The molecule has 1 N–H and O–H groups in total. The molecule has 0 aliphatic heterocycles. The largest absolute Gasteiger partial charge is 0.453 e. The summed E-state index contributed by atoms with van der Waals surface area (Å²) >= 11 is 1.94. The Bertz CT molecular complexity index is 286. The van der Waals surface area contributed by atoms with Crippen LogP contribution in [-0.4, -0.2) is 28.3 Å². The van der Waals surface area contributed by atoms with Gasteiger partial charge < -0.3 is 14.8 Å². The summed E-state index contributed by atoms with van der Waals surface area (Å²) in [5, 5.41) is 2.55. The Kier molecular flexibility index (Phi) is 7.58. The second-order valence-electron chi connectivity index (χ2n) is 5.40. The molecule has 1 atom stereocenters. The Hall–Kier alpha value is -0.530. The van der Waals surface area contributed by atoms with Crippen molar-refractivity contribution >= 4 is 34.7 Å². The zero-order chi connectivity index (χ0) is 14.3. The first-order valence-electron chi connectivity index (χ1n) is 5.88. The molecule has 0 spiro atoms. The third-order valence-electron chi connectivity index (χ3n) is 1.88. The van der Waals surface area contributed by atoms with Crippen molar-refractivity contribution in [2.24, 2.45) is 5.92 Å². The molecule has 18 heavy (non-hydrogen) atoms. The molecule has 0 unspecified atom stereocenters. The average Bonchev–Trinajstić information content (AvgIpc) is 2.13. The van der Waals surface area contributed by atoms with Crippen LogP contribution in [0.25, 0.3) is 0 Å². The number of carbonyl (C=O) groups is 2. The highest BCUT2D eigenvalue weighted by molar-refractivity contribution is 14.1. The Morgan fingerprint density at radius 2 is 1.83 bits per heavy atom. The van der Waals surface area contributed by atoms with Crippen LogP contribution in [0.2, 0.25) is 0 Å². The number of rotatable bonds is 5. The van der Waals surface area contributed by atoms with Crippen molar-refractivity contribution < 1.29 is 19.1 Å². The van der Waals surface area contributed by atoms with E-state index in [4.69, 9.17) is 9.47 Å². The number of ether oxygens (including phenoxy) is 2. The highest BCUT2D eigenvalue weighted by Gasteiger charge is 2.25. The SMILES string of the molecule is CC(C)C[C@@H](NC(=O)OC(C)(C)C)C(=O)OCI. The van der Waals surface area contributed by atoms with Crippen LogP contribution in [0.15, 0.2) is 0 Å². The first kappa shape index (κ1) is 17.5. The topological polar surface area (TPSA) is 64.6 Å². The maximum Gasteiger partial charge on any atom is 0.408 e. The van der Waals surface area contributed by atoms with Crippen molar-refractivity contribution in [3.63, 3.8) is 0 Å². The summed E-state index contributed by atoms with van der Waals surface area (Å²) < 4.78 is 10.3. The molecule has 0 aromatic rings. The van der Waals surface area contributed by atoms with E-state index >= 15 is 0 Å². The molecule has 0 fully saturated rings. The molecule has 5 nitrogen and oxygen atoms in total. The molecular weight excluding hydrogens is 349 g/mol. The zero-order valence-corrected chi connectivity index (χ0v) is 13.7. The van der Waals surface area contributed by atoms with Crippen LogP contribution < -0.4 is 5.32 Å². The Balaban J connectivity index is 4.49. The molecule has 0 saturated heterocycles. The molecule has 1 amide bonds. The lowest BCUT2D eigenvalue weighted by atomic mass is 10.0. The Labute approximate surface area is 122 Å². The number of esters is 1. The van der Waals surface area contributed by atoms with E-state index in [0.717, 1.165) is 0 Å². The van der Waals surface area contributed by atoms with Gasteiger partial charge in [-0.1, -0.05) is 13.8 Å². The minimum Gasteiger partial charge on any atom is -0.453 e. The Morgan fingerprint density at radius 1 is 1.28 bits per heavy atom. The van der Waals surface area contributed by atoms with Gasteiger partial charge in [0, 0.05) is 0 Å². The number of alkyl carbamates (subject to hydrolysis) is 1. The average molecular weight is 371 g/mol. The molecule has 0 rings (SSSR count). The van der Waals surface area contributed by atoms with Gasteiger partial charge >= 0.3 is 12.1 Å². The van der Waals surface area contributed by atoms with E-state index in [1.807, 2.05) is 36.4 Å². The second kappa shape index (κ2) is 7.81. The summed E-state index contributed by atoms with van der Waals surface area (Å²) in [4.78, 5) is 23.3. The summed E-state index contributed by atoms with van der Waals surface area (Å²) in [6.07, 6.45) is -0.0760. The van der Waals surface area contributed by atoms with Crippen LogP contribution in [0.3, 0.4) is 0 Å². The lowest BCUT2D eigenvalue weighted by molar-refractivity contribution is -0.144. The van der Waals surface area contributed by atoms with E-state index in [9.17, 15) is 9.59 Å².